The van der Waals surface area contributed by atoms with Crippen LogP contribution in [-0.4, -0.2) is 23.5 Å². The van der Waals surface area contributed by atoms with Crippen molar-refractivity contribution < 1.29 is 9.59 Å². The minimum atomic E-state index is -0.317. The topological polar surface area (TPSA) is 70.2 Å². The van der Waals surface area contributed by atoms with Crippen LogP contribution in [0.2, 0.25) is 0 Å². The lowest BCUT2D eigenvalue weighted by Gasteiger charge is -2.15. The molecule has 0 aliphatic carbocycles. The van der Waals surface area contributed by atoms with Crippen LogP contribution in [0.5, 0.6) is 0 Å². The van der Waals surface area contributed by atoms with Gasteiger partial charge in [0, 0.05) is 17.8 Å². The molecule has 0 aliphatic rings. The van der Waals surface area contributed by atoms with Gasteiger partial charge >= 0.3 is 0 Å². The minimum Gasteiger partial charge on any atom is -0.352 e. The van der Waals surface area contributed by atoms with Crippen LogP contribution in [-0.2, 0) is 11.2 Å². The lowest BCUT2D eigenvalue weighted by atomic mass is 9.96. The van der Waals surface area contributed by atoms with E-state index in [2.05, 4.69) is 41.9 Å². The van der Waals surface area contributed by atoms with Gasteiger partial charge in [0.25, 0.3) is 5.91 Å². The number of carbonyl (C=O) groups excluding carboxylic acids is 2. The summed E-state index contributed by atoms with van der Waals surface area (Å²) in [5.41, 5.74) is 3.51. The maximum Gasteiger partial charge on any atom is 0.251 e. The Morgan fingerprint density at radius 3 is 2.17 bits per heavy atom. The molecule has 0 heterocycles. The third kappa shape index (κ3) is 7.26. The zero-order chi connectivity index (χ0) is 22.1. The van der Waals surface area contributed by atoms with E-state index < -0.39 is 0 Å². The molecule has 0 aliphatic heterocycles. The molecule has 160 valence electrons. The van der Waals surface area contributed by atoms with Crippen molar-refractivity contribution in [2.75, 3.05) is 11.9 Å². The number of benzene rings is 2. The fourth-order valence-electron chi connectivity index (χ4n) is 2.99. The summed E-state index contributed by atoms with van der Waals surface area (Å²) in [6, 6.07) is 15.1. The summed E-state index contributed by atoms with van der Waals surface area (Å²) in [5, 5.41) is 8.79. The van der Waals surface area contributed by atoms with Gasteiger partial charge in [-0.15, -0.1) is 0 Å². The van der Waals surface area contributed by atoms with Crippen LogP contribution in [0.3, 0.4) is 0 Å². The highest BCUT2D eigenvalue weighted by Crippen LogP contribution is 2.18. The Labute approximate surface area is 184 Å². The van der Waals surface area contributed by atoms with E-state index in [0.717, 1.165) is 18.4 Å². The van der Waals surface area contributed by atoms with Crippen LogP contribution in [0.4, 0.5) is 5.69 Å². The molecule has 6 heteroatoms. The normalized spacial score (nSPS) is 11.6. The number of amides is 2. The van der Waals surface area contributed by atoms with Crippen molar-refractivity contribution in [3.63, 3.8) is 0 Å². The Morgan fingerprint density at radius 1 is 0.967 bits per heavy atom. The van der Waals surface area contributed by atoms with E-state index in [-0.39, 0.29) is 22.8 Å². The molecule has 0 saturated carbocycles. The van der Waals surface area contributed by atoms with Gasteiger partial charge in [0.2, 0.25) is 5.91 Å². The highest BCUT2D eigenvalue weighted by molar-refractivity contribution is 7.80. The molecule has 2 rings (SSSR count). The molecule has 1 atom stereocenters. The Morgan fingerprint density at radius 2 is 1.60 bits per heavy atom. The second-order valence-corrected chi connectivity index (χ2v) is 8.25. The van der Waals surface area contributed by atoms with Crippen LogP contribution in [0, 0.1) is 5.92 Å². The summed E-state index contributed by atoms with van der Waals surface area (Å²) in [7, 11) is 0. The Kier molecular flexibility index (Phi) is 8.99. The van der Waals surface area contributed by atoms with Crippen molar-refractivity contribution in [2.45, 2.75) is 46.5 Å². The van der Waals surface area contributed by atoms with Crippen LogP contribution in [0.15, 0.2) is 48.5 Å². The highest BCUT2D eigenvalue weighted by atomic mass is 32.1. The van der Waals surface area contributed by atoms with E-state index in [1.54, 1.807) is 24.3 Å². The fourth-order valence-corrected chi connectivity index (χ4v) is 3.21. The molecule has 0 radical (unpaired) electrons. The van der Waals surface area contributed by atoms with Crippen LogP contribution in [0.1, 0.15) is 61.5 Å². The van der Waals surface area contributed by atoms with Gasteiger partial charge in [0.1, 0.15) is 0 Å². The van der Waals surface area contributed by atoms with Gasteiger partial charge in [-0.2, -0.15) is 0 Å². The van der Waals surface area contributed by atoms with Crippen molar-refractivity contribution >= 4 is 34.8 Å². The third-order valence-electron chi connectivity index (χ3n) is 4.69. The zero-order valence-electron chi connectivity index (χ0n) is 18.1. The quantitative estimate of drug-likeness (QED) is 0.539. The summed E-state index contributed by atoms with van der Waals surface area (Å²) in [6.07, 6.45) is 1.91. The summed E-state index contributed by atoms with van der Waals surface area (Å²) in [5.74, 6) is 0.00878. The maximum absolute atomic E-state index is 12.6. The second-order valence-electron chi connectivity index (χ2n) is 7.84. The lowest BCUT2D eigenvalue weighted by molar-refractivity contribution is -0.120. The van der Waals surface area contributed by atoms with Crippen LogP contribution in [0.25, 0.3) is 0 Å². The SMILES string of the molecule is CCCNC(=O)c1ccc(NC(=S)NC(=O)C(C)c2ccc(CC(C)C)cc2)cc1. The lowest BCUT2D eigenvalue weighted by Crippen LogP contribution is -2.36. The summed E-state index contributed by atoms with van der Waals surface area (Å²) >= 11 is 5.27. The first-order valence-corrected chi connectivity index (χ1v) is 10.8. The number of carbonyl (C=O) groups is 2. The molecule has 2 aromatic rings. The first kappa shape index (κ1) is 23.5. The molecular weight excluding hydrogens is 394 g/mol. The Hall–Kier alpha value is -2.73. The van der Waals surface area contributed by atoms with Crippen molar-refractivity contribution in [2.24, 2.45) is 5.92 Å². The van der Waals surface area contributed by atoms with Gasteiger partial charge in [-0.3, -0.25) is 9.59 Å². The molecule has 0 aromatic heterocycles. The number of hydrogen-bond donors (Lipinski definition) is 3. The van der Waals surface area contributed by atoms with Crippen molar-refractivity contribution in [1.29, 1.82) is 0 Å². The van der Waals surface area contributed by atoms with Gasteiger partial charge in [-0.1, -0.05) is 45.0 Å². The molecule has 2 aromatic carbocycles. The van der Waals surface area contributed by atoms with Gasteiger partial charge < -0.3 is 16.0 Å². The number of hydrogen-bond acceptors (Lipinski definition) is 3. The van der Waals surface area contributed by atoms with E-state index in [1.165, 1.54) is 5.56 Å². The van der Waals surface area contributed by atoms with E-state index in [0.29, 0.717) is 23.7 Å². The van der Waals surface area contributed by atoms with Crippen LogP contribution >= 0.6 is 12.2 Å². The molecule has 2 amide bonds. The number of nitrogens with one attached hydrogen (secondary N) is 3. The average molecular weight is 426 g/mol. The highest BCUT2D eigenvalue weighted by Gasteiger charge is 2.16. The standard InChI is InChI=1S/C24H31N3O2S/c1-5-14-25-23(29)20-10-12-21(13-11-20)26-24(30)27-22(28)17(4)19-8-6-18(7-9-19)15-16(2)3/h6-13,16-17H,5,14-15H2,1-4H3,(H,25,29)(H2,26,27,28,30). The molecule has 0 spiro atoms. The van der Waals surface area contributed by atoms with Crippen molar-refractivity contribution in [1.82, 2.24) is 10.6 Å². The molecule has 1 unspecified atom stereocenters. The second kappa shape index (κ2) is 11.5. The summed E-state index contributed by atoms with van der Waals surface area (Å²) in [4.78, 5) is 24.5. The number of anilines is 1. The molecule has 0 saturated heterocycles. The van der Waals surface area contributed by atoms with Crippen molar-refractivity contribution in [3.05, 3.63) is 65.2 Å². The average Bonchev–Trinajstić information content (AvgIpc) is 2.72. The first-order chi connectivity index (χ1) is 14.3. The van der Waals surface area contributed by atoms with Gasteiger partial charge in [-0.25, -0.2) is 0 Å². The number of thiocarbonyl (C=S) groups is 1. The fraction of sp³-hybridized carbons (Fsp3) is 0.375. The molecule has 0 bridgehead atoms. The van der Waals surface area contributed by atoms with Gasteiger partial charge in [-0.05, 0) is 73.3 Å². The summed E-state index contributed by atoms with van der Waals surface area (Å²) < 4.78 is 0. The van der Waals surface area contributed by atoms with E-state index in [1.807, 2.05) is 26.0 Å². The Balaban J connectivity index is 1.89. The largest absolute Gasteiger partial charge is 0.352 e. The van der Waals surface area contributed by atoms with Gasteiger partial charge in [0.05, 0.1) is 5.92 Å². The predicted molar refractivity (Wildman–Crippen MR) is 127 cm³/mol. The maximum atomic E-state index is 12.6. The van der Waals surface area contributed by atoms with Gasteiger partial charge in [0.15, 0.2) is 5.11 Å². The minimum absolute atomic E-state index is 0.104. The number of rotatable bonds is 8. The predicted octanol–water partition coefficient (Wildman–Crippen LogP) is 4.64. The molecular formula is C24H31N3O2S. The smallest absolute Gasteiger partial charge is 0.251 e. The molecule has 0 fully saturated rings. The molecule has 30 heavy (non-hydrogen) atoms. The first-order valence-electron chi connectivity index (χ1n) is 10.4. The summed E-state index contributed by atoms with van der Waals surface area (Å²) in [6.45, 7) is 8.89. The zero-order valence-corrected chi connectivity index (χ0v) is 18.9. The van der Waals surface area contributed by atoms with Crippen LogP contribution < -0.4 is 16.0 Å². The molecule has 5 nitrogen and oxygen atoms in total. The van der Waals surface area contributed by atoms with E-state index in [9.17, 15) is 9.59 Å². The monoisotopic (exact) mass is 425 g/mol. The third-order valence-corrected chi connectivity index (χ3v) is 4.90. The van der Waals surface area contributed by atoms with Crippen molar-refractivity contribution in [3.8, 4) is 0 Å². The van der Waals surface area contributed by atoms with E-state index >= 15 is 0 Å². The van der Waals surface area contributed by atoms with E-state index in [4.69, 9.17) is 12.2 Å². The molecule has 3 N–H and O–H groups in total. The Bertz CT molecular complexity index is 861.